The highest BCUT2D eigenvalue weighted by Crippen LogP contribution is 2.17. The Morgan fingerprint density at radius 3 is 2.80 bits per heavy atom. The van der Waals surface area contributed by atoms with E-state index in [0.717, 1.165) is 17.4 Å². The van der Waals surface area contributed by atoms with Gasteiger partial charge in [-0.25, -0.2) is 0 Å². The molecule has 2 aliphatic heterocycles. The summed E-state index contributed by atoms with van der Waals surface area (Å²) in [5.41, 5.74) is 0.644. The van der Waals surface area contributed by atoms with Gasteiger partial charge < -0.3 is 14.8 Å². The topological polar surface area (TPSA) is 74.7 Å². The summed E-state index contributed by atoms with van der Waals surface area (Å²) >= 11 is 0. The first-order valence-electron chi connectivity index (χ1n) is 8.46. The van der Waals surface area contributed by atoms with Crippen LogP contribution in [0.3, 0.4) is 0 Å². The van der Waals surface area contributed by atoms with Crippen molar-refractivity contribution in [3.8, 4) is 0 Å². The molecule has 7 heteroatoms. The molecule has 0 spiro atoms. The van der Waals surface area contributed by atoms with Gasteiger partial charge in [-0.3, -0.25) is 19.3 Å². The molecule has 0 saturated carbocycles. The van der Waals surface area contributed by atoms with E-state index in [4.69, 9.17) is 0 Å². The summed E-state index contributed by atoms with van der Waals surface area (Å²) in [6.07, 6.45) is 0. The Morgan fingerprint density at radius 1 is 1.16 bits per heavy atom. The van der Waals surface area contributed by atoms with Crippen molar-refractivity contribution in [2.24, 2.45) is 7.05 Å². The first kappa shape index (κ1) is 15.8. The van der Waals surface area contributed by atoms with Crippen LogP contribution < -0.4 is 10.9 Å². The normalized spacial score (nSPS) is 21.1. The van der Waals surface area contributed by atoms with Crippen molar-refractivity contribution in [3.05, 3.63) is 46.2 Å². The second kappa shape index (κ2) is 6.00. The molecule has 1 aromatic carbocycles. The van der Waals surface area contributed by atoms with Crippen LogP contribution in [0.15, 0.2) is 35.1 Å². The van der Waals surface area contributed by atoms with E-state index in [-0.39, 0.29) is 29.0 Å². The SMILES string of the molecule is Cn1c(=O)c(C(=O)N2CCN3CCNC(=O)[C@@H]3C2)cc2ccccc21. The first-order valence-corrected chi connectivity index (χ1v) is 8.46. The molecule has 3 heterocycles. The van der Waals surface area contributed by atoms with E-state index < -0.39 is 0 Å². The van der Waals surface area contributed by atoms with Crippen molar-refractivity contribution < 1.29 is 9.59 Å². The number of benzene rings is 1. The quantitative estimate of drug-likeness (QED) is 0.780. The van der Waals surface area contributed by atoms with Crippen molar-refractivity contribution in [1.82, 2.24) is 19.7 Å². The number of pyridine rings is 1. The Labute approximate surface area is 144 Å². The van der Waals surface area contributed by atoms with Gasteiger partial charge >= 0.3 is 0 Å². The smallest absolute Gasteiger partial charge is 0.263 e. The summed E-state index contributed by atoms with van der Waals surface area (Å²) < 4.78 is 1.51. The van der Waals surface area contributed by atoms with Gasteiger partial charge in [0, 0.05) is 39.8 Å². The lowest BCUT2D eigenvalue weighted by atomic mass is 10.1. The summed E-state index contributed by atoms with van der Waals surface area (Å²) in [5, 5.41) is 3.69. The fourth-order valence-electron chi connectivity index (χ4n) is 3.71. The van der Waals surface area contributed by atoms with Gasteiger partial charge in [-0.05, 0) is 17.5 Å². The van der Waals surface area contributed by atoms with Crippen LogP contribution in [-0.4, -0.2) is 64.9 Å². The third kappa shape index (κ3) is 2.60. The Hall–Kier alpha value is -2.67. The maximum atomic E-state index is 13.0. The molecule has 0 radical (unpaired) electrons. The lowest BCUT2D eigenvalue weighted by Crippen LogP contribution is -2.64. The van der Waals surface area contributed by atoms with Gasteiger partial charge in [-0.15, -0.1) is 0 Å². The van der Waals surface area contributed by atoms with E-state index in [1.54, 1.807) is 18.0 Å². The lowest BCUT2D eigenvalue weighted by Gasteiger charge is -2.42. The van der Waals surface area contributed by atoms with Crippen LogP contribution in [0.1, 0.15) is 10.4 Å². The zero-order valence-corrected chi connectivity index (χ0v) is 14.1. The average molecular weight is 340 g/mol. The molecule has 1 aromatic heterocycles. The number of para-hydroxylation sites is 1. The lowest BCUT2D eigenvalue weighted by molar-refractivity contribution is -0.131. The molecular formula is C18H20N4O3. The van der Waals surface area contributed by atoms with Gasteiger partial charge in [0.15, 0.2) is 0 Å². The summed E-state index contributed by atoms with van der Waals surface area (Å²) in [7, 11) is 1.67. The third-order valence-electron chi connectivity index (χ3n) is 5.14. The second-order valence-electron chi connectivity index (χ2n) is 6.57. The number of carbonyl (C=O) groups is 2. The van der Waals surface area contributed by atoms with Crippen LogP contribution in [0.4, 0.5) is 0 Å². The molecule has 4 rings (SSSR count). The molecule has 0 unspecified atom stereocenters. The van der Waals surface area contributed by atoms with E-state index in [2.05, 4.69) is 10.2 Å². The Bertz CT molecular complexity index is 920. The molecule has 2 fully saturated rings. The second-order valence-corrected chi connectivity index (χ2v) is 6.57. The highest BCUT2D eigenvalue weighted by molar-refractivity contribution is 5.98. The number of hydrogen-bond donors (Lipinski definition) is 1. The number of fused-ring (bicyclic) bond motifs is 2. The number of carbonyl (C=O) groups excluding carboxylic acids is 2. The van der Waals surface area contributed by atoms with Crippen molar-refractivity contribution in [3.63, 3.8) is 0 Å². The predicted molar refractivity (Wildman–Crippen MR) is 93.5 cm³/mol. The van der Waals surface area contributed by atoms with Gasteiger partial charge in [-0.1, -0.05) is 18.2 Å². The molecule has 25 heavy (non-hydrogen) atoms. The monoisotopic (exact) mass is 340 g/mol. The molecule has 130 valence electrons. The number of piperazine rings is 2. The Morgan fingerprint density at radius 2 is 1.96 bits per heavy atom. The fraction of sp³-hybridized carbons (Fsp3) is 0.389. The largest absolute Gasteiger partial charge is 0.353 e. The number of nitrogens with zero attached hydrogens (tertiary/aromatic N) is 3. The minimum atomic E-state index is -0.323. The molecule has 2 aliphatic rings. The standard InChI is InChI=1S/C18H20N4O3/c1-20-14-5-3-2-4-12(14)10-13(17(20)24)18(25)22-9-8-21-7-6-19-16(23)15(21)11-22/h2-5,10,15H,6-9,11H2,1H3,(H,19,23)/t15-/m0/s1. The van der Waals surface area contributed by atoms with E-state index in [0.29, 0.717) is 26.2 Å². The highest BCUT2D eigenvalue weighted by atomic mass is 16.2. The van der Waals surface area contributed by atoms with Gasteiger partial charge in [-0.2, -0.15) is 0 Å². The summed E-state index contributed by atoms with van der Waals surface area (Å²) in [4.78, 5) is 41.4. The number of aryl methyl sites for hydroxylation is 1. The van der Waals surface area contributed by atoms with Gasteiger partial charge in [0.25, 0.3) is 11.5 Å². The van der Waals surface area contributed by atoms with Crippen molar-refractivity contribution >= 4 is 22.7 Å². The molecule has 1 N–H and O–H groups in total. The van der Waals surface area contributed by atoms with Crippen LogP contribution in [0.25, 0.3) is 10.9 Å². The molecule has 2 aromatic rings. The molecule has 0 aliphatic carbocycles. The van der Waals surface area contributed by atoms with Crippen molar-refractivity contribution in [2.75, 3.05) is 32.7 Å². The molecular weight excluding hydrogens is 320 g/mol. The number of rotatable bonds is 1. The van der Waals surface area contributed by atoms with E-state index >= 15 is 0 Å². The zero-order valence-electron chi connectivity index (χ0n) is 14.1. The van der Waals surface area contributed by atoms with Gasteiger partial charge in [0.1, 0.15) is 11.6 Å². The van der Waals surface area contributed by atoms with Crippen LogP contribution in [0.2, 0.25) is 0 Å². The van der Waals surface area contributed by atoms with E-state index in [9.17, 15) is 14.4 Å². The maximum Gasteiger partial charge on any atom is 0.263 e. The van der Waals surface area contributed by atoms with E-state index in [1.165, 1.54) is 4.57 Å². The summed E-state index contributed by atoms with van der Waals surface area (Å²) in [6.45, 7) is 2.95. The third-order valence-corrected chi connectivity index (χ3v) is 5.14. The van der Waals surface area contributed by atoms with Crippen LogP contribution >= 0.6 is 0 Å². The first-order chi connectivity index (χ1) is 12.1. The Balaban J connectivity index is 1.67. The predicted octanol–water partition coefficient (Wildman–Crippen LogP) is -0.205. The van der Waals surface area contributed by atoms with Crippen molar-refractivity contribution in [2.45, 2.75) is 6.04 Å². The fourth-order valence-corrected chi connectivity index (χ4v) is 3.71. The minimum absolute atomic E-state index is 0.0461. The number of aromatic nitrogens is 1. The van der Waals surface area contributed by atoms with Crippen LogP contribution in [-0.2, 0) is 11.8 Å². The molecule has 7 nitrogen and oxygen atoms in total. The number of hydrogen-bond acceptors (Lipinski definition) is 4. The van der Waals surface area contributed by atoms with Crippen LogP contribution in [0, 0.1) is 0 Å². The molecule has 1 atom stereocenters. The molecule has 0 bridgehead atoms. The summed E-state index contributed by atoms with van der Waals surface area (Å²) in [5.74, 6) is -0.348. The number of nitrogens with one attached hydrogen (secondary N) is 1. The number of amides is 2. The summed E-state index contributed by atoms with van der Waals surface area (Å²) in [6, 6.07) is 8.83. The zero-order chi connectivity index (χ0) is 17.6. The maximum absolute atomic E-state index is 13.0. The highest BCUT2D eigenvalue weighted by Gasteiger charge is 2.37. The molecule has 2 amide bonds. The Kier molecular flexibility index (Phi) is 3.80. The van der Waals surface area contributed by atoms with Gasteiger partial charge in [0.05, 0.1) is 5.52 Å². The average Bonchev–Trinajstić information content (AvgIpc) is 2.64. The molecule has 2 saturated heterocycles. The minimum Gasteiger partial charge on any atom is -0.353 e. The van der Waals surface area contributed by atoms with E-state index in [1.807, 2.05) is 24.3 Å². The van der Waals surface area contributed by atoms with Crippen LogP contribution in [0.5, 0.6) is 0 Å². The van der Waals surface area contributed by atoms with Crippen molar-refractivity contribution in [1.29, 1.82) is 0 Å². The van der Waals surface area contributed by atoms with Gasteiger partial charge in [0.2, 0.25) is 5.91 Å².